The maximum absolute atomic E-state index is 10.9. The van der Waals surface area contributed by atoms with E-state index < -0.39 is 18.3 Å². The van der Waals surface area contributed by atoms with Gasteiger partial charge in [-0.3, -0.25) is 0 Å². The summed E-state index contributed by atoms with van der Waals surface area (Å²) in [6.45, 7) is -0.490. The second kappa shape index (κ2) is 6.77. The zero-order valence-electron chi connectivity index (χ0n) is 11.5. The van der Waals surface area contributed by atoms with Crippen LogP contribution < -0.4 is 0 Å². The summed E-state index contributed by atoms with van der Waals surface area (Å²) in [5, 5.41) is 21.8. The third kappa shape index (κ3) is 3.39. The number of ether oxygens (including phenoxy) is 1. The Morgan fingerprint density at radius 1 is 1.00 bits per heavy atom. The molecule has 2 N–H and O–H groups in total. The van der Waals surface area contributed by atoms with Crippen molar-refractivity contribution < 1.29 is 14.9 Å². The number of halogens is 2. The van der Waals surface area contributed by atoms with Gasteiger partial charge in [-0.15, -0.1) is 0 Å². The Morgan fingerprint density at radius 2 is 1.48 bits per heavy atom. The molecule has 21 heavy (non-hydrogen) atoms. The molecule has 5 heteroatoms. The van der Waals surface area contributed by atoms with Gasteiger partial charge >= 0.3 is 0 Å². The fraction of sp³-hybridized carbons (Fsp3) is 0.250. The van der Waals surface area contributed by atoms with Crippen LogP contribution in [-0.4, -0.2) is 23.9 Å². The average Bonchev–Trinajstić information content (AvgIpc) is 2.50. The van der Waals surface area contributed by atoms with Crippen LogP contribution >= 0.6 is 23.2 Å². The summed E-state index contributed by atoms with van der Waals surface area (Å²) in [7, 11) is 1.48. The molecule has 0 aromatic heterocycles. The van der Waals surface area contributed by atoms with E-state index in [2.05, 4.69) is 0 Å². The van der Waals surface area contributed by atoms with Crippen molar-refractivity contribution in [1.82, 2.24) is 0 Å². The molecule has 0 fully saturated rings. The van der Waals surface area contributed by atoms with Gasteiger partial charge in [0.05, 0.1) is 6.61 Å². The smallest absolute Gasteiger partial charge is 0.143 e. The monoisotopic (exact) mass is 326 g/mol. The highest BCUT2D eigenvalue weighted by molar-refractivity contribution is 6.30. The van der Waals surface area contributed by atoms with Crippen molar-refractivity contribution in [1.29, 1.82) is 0 Å². The molecule has 0 amide bonds. The van der Waals surface area contributed by atoms with Crippen LogP contribution in [0.15, 0.2) is 48.5 Å². The van der Waals surface area contributed by atoms with Crippen molar-refractivity contribution in [2.75, 3.05) is 13.7 Å². The molecule has 0 unspecified atom stereocenters. The van der Waals surface area contributed by atoms with E-state index >= 15 is 0 Å². The Kier molecular flexibility index (Phi) is 5.25. The Labute approximate surface area is 133 Å². The highest BCUT2D eigenvalue weighted by atomic mass is 35.5. The molecule has 0 aliphatic rings. The van der Waals surface area contributed by atoms with E-state index in [0.717, 1.165) is 0 Å². The summed E-state index contributed by atoms with van der Waals surface area (Å²) in [6, 6.07) is 13.6. The van der Waals surface area contributed by atoms with Gasteiger partial charge in [0.1, 0.15) is 11.7 Å². The SMILES string of the molecule is CO[C@H](c1ccc(Cl)cc1)[C@@](O)(CO)c1ccc(Cl)cc1. The van der Waals surface area contributed by atoms with Crippen LogP contribution in [0.4, 0.5) is 0 Å². The molecule has 0 aliphatic heterocycles. The van der Waals surface area contributed by atoms with Crippen LogP contribution in [0, 0.1) is 0 Å². The molecule has 0 radical (unpaired) electrons. The molecule has 0 heterocycles. The molecule has 0 saturated heterocycles. The summed E-state index contributed by atoms with van der Waals surface area (Å²) in [5.41, 5.74) is -0.336. The van der Waals surface area contributed by atoms with Gasteiger partial charge in [-0.2, -0.15) is 0 Å². The first-order valence-corrected chi connectivity index (χ1v) is 7.14. The molecular weight excluding hydrogens is 311 g/mol. The molecule has 0 saturated carbocycles. The second-order valence-corrected chi connectivity index (χ2v) is 5.63. The van der Waals surface area contributed by atoms with Gasteiger partial charge in [0.25, 0.3) is 0 Å². The summed E-state index contributed by atoms with van der Waals surface area (Å²) in [4.78, 5) is 0. The van der Waals surface area contributed by atoms with E-state index in [4.69, 9.17) is 27.9 Å². The van der Waals surface area contributed by atoms with Crippen LogP contribution in [0.3, 0.4) is 0 Å². The van der Waals surface area contributed by atoms with Gasteiger partial charge in [0, 0.05) is 17.2 Å². The van der Waals surface area contributed by atoms with E-state index in [1.165, 1.54) is 7.11 Å². The number of aliphatic hydroxyl groups excluding tert-OH is 1. The van der Waals surface area contributed by atoms with Gasteiger partial charge in [0.15, 0.2) is 0 Å². The third-order valence-electron chi connectivity index (χ3n) is 3.43. The first-order valence-electron chi connectivity index (χ1n) is 6.39. The first kappa shape index (κ1) is 16.3. The topological polar surface area (TPSA) is 49.7 Å². The largest absolute Gasteiger partial charge is 0.393 e. The van der Waals surface area contributed by atoms with Crippen LogP contribution in [0.5, 0.6) is 0 Å². The van der Waals surface area contributed by atoms with Gasteiger partial charge in [-0.05, 0) is 35.4 Å². The predicted molar refractivity (Wildman–Crippen MR) is 83.6 cm³/mol. The van der Waals surface area contributed by atoms with E-state index in [-0.39, 0.29) is 0 Å². The van der Waals surface area contributed by atoms with E-state index in [1.807, 2.05) is 0 Å². The fourth-order valence-corrected chi connectivity index (χ4v) is 2.56. The number of hydrogen-bond donors (Lipinski definition) is 2. The zero-order valence-corrected chi connectivity index (χ0v) is 13.0. The van der Waals surface area contributed by atoms with Gasteiger partial charge < -0.3 is 14.9 Å². The molecule has 0 bridgehead atoms. The Bertz CT molecular complexity index is 583. The highest BCUT2D eigenvalue weighted by Crippen LogP contribution is 2.38. The number of aliphatic hydroxyl groups is 2. The van der Waals surface area contributed by atoms with Gasteiger partial charge in [-0.25, -0.2) is 0 Å². The van der Waals surface area contributed by atoms with Crippen molar-refractivity contribution in [3.8, 4) is 0 Å². The minimum atomic E-state index is -1.58. The molecule has 3 nitrogen and oxygen atoms in total. The minimum Gasteiger partial charge on any atom is -0.393 e. The maximum Gasteiger partial charge on any atom is 0.143 e. The number of benzene rings is 2. The van der Waals surface area contributed by atoms with Crippen LogP contribution in [-0.2, 0) is 10.3 Å². The van der Waals surface area contributed by atoms with Crippen molar-refractivity contribution in [3.63, 3.8) is 0 Å². The quantitative estimate of drug-likeness (QED) is 0.883. The summed E-state index contributed by atoms with van der Waals surface area (Å²) >= 11 is 11.7. The Balaban J connectivity index is 2.45. The molecule has 2 aromatic rings. The molecule has 2 aromatic carbocycles. The Morgan fingerprint density at radius 3 is 1.90 bits per heavy atom. The molecule has 2 rings (SSSR count). The lowest BCUT2D eigenvalue weighted by atomic mass is 9.85. The van der Waals surface area contributed by atoms with Crippen molar-refractivity contribution >= 4 is 23.2 Å². The highest BCUT2D eigenvalue weighted by Gasteiger charge is 2.39. The maximum atomic E-state index is 10.9. The number of hydrogen-bond acceptors (Lipinski definition) is 3. The van der Waals surface area contributed by atoms with Crippen LogP contribution in [0.2, 0.25) is 10.0 Å². The first-order chi connectivity index (χ1) is 10.0. The van der Waals surface area contributed by atoms with E-state index in [9.17, 15) is 10.2 Å². The standard InChI is InChI=1S/C16H16Cl2O3/c1-21-15(11-2-6-13(17)7-3-11)16(20,10-19)12-4-8-14(18)9-5-12/h2-9,15,19-20H,10H2,1H3/t15-,16-/m1/s1. The average molecular weight is 327 g/mol. The predicted octanol–water partition coefficient (Wildman–Crippen LogP) is 3.56. The molecule has 0 spiro atoms. The lowest BCUT2D eigenvalue weighted by Gasteiger charge is -2.34. The fourth-order valence-electron chi connectivity index (χ4n) is 2.31. The minimum absolute atomic E-state index is 0.490. The third-order valence-corrected chi connectivity index (χ3v) is 3.93. The zero-order chi connectivity index (χ0) is 15.5. The van der Waals surface area contributed by atoms with Crippen LogP contribution in [0.25, 0.3) is 0 Å². The van der Waals surface area contributed by atoms with Crippen molar-refractivity contribution in [3.05, 3.63) is 69.7 Å². The molecular formula is C16H16Cl2O3. The summed E-state index contributed by atoms with van der Waals surface area (Å²) < 4.78 is 5.43. The summed E-state index contributed by atoms with van der Waals surface area (Å²) in [6.07, 6.45) is -0.735. The second-order valence-electron chi connectivity index (χ2n) is 4.76. The van der Waals surface area contributed by atoms with Crippen LogP contribution in [0.1, 0.15) is 17.2 Å². The lowest BCUT2D eigenvalue weighted by Crippen LogP contribution is -2.38. The molecule has 2 atom stereocenters. The normalized spacial score (nSPS) is 15.5. The van der Waals surface area contributed by atoms with Gasteiger partial charge in [0.2, 0.25) is 0 Å². The van der Waals surface area contributed by atoms with Crippen molar-refractivity contribution in [2.24, 2.45) is 0 Å². The number of methoxy groups -OCH3 is 1. The number of rotatable bonds is 5. The van der Waals surface area contributed by atoms with Gasteiger partial charge in [-0.1, -0.05) is 47.5 Å². The lowest BCUT2D eigenvalue weighted by molar-refractivity contribution is -0.128. The summed E-state index contributed by atoms with van der Waals surface area (Å²) in [5.74, 6) is 0. The Hall–Kier alpha value is -1.10. The van der Waals surface area contributed by atoms with Crippen molar-refractivity contribution in [2.45, 2.75) is 11.7 Å². The van der Waals surface area contributed by atoms with E-state index in [0.29, 0.717) is 21.2 Å². The molecule has 0 aliphatic carbocycles. The molecule has 112 valence electrons. The van der Waals surface area contributed by atoms with E-state index in [1.54, 1.807) is 48.5 Å².